The van der Waals surface area contributed by atoms with Crippen molar-refractivity contribution in [1.82, 2.24) is 5.32 Å². The van der Waals surface area contributed by atoms with Crippen LogP contribution in [0.2, 0.25) is 0 Å². The minimum absolute atomic E-state index is 0.0972. The van der Waals surface area contributed by atoms with Gasteiger partial charge in [0.25, 0.3) is 0 Å². The molecule has 0 aromatic heterocycles. The van der Waals surface area contributed by atoms with Gasteiger partial charge in [0.1, 0.15) is 0 Å². The number of nitrogens with one attached hydrogen (secondary N) is 1. The number of methoxy groups -OCH3 is 1. The number of benzene rings is 1. The third-order valence-electron chi connectivity index (χ3n) is 2.64. The molecule has 0 fully saturated rings. The molecule has 0 saturated carbocycles. The highest BCUT2D eigenvalue weighted by atomic mass is 16.5. The van der Waals surface area contributed by atoms with E-state index in [-0.39, 0.29) is 5.91 Å². The lowest BCUT2D eigenvalue weighted by Gasteiger charge is -2.04. The average Bonchev–Trinajstić information content (AvgIpc) is 2.37. The fraction of sp³-hybridized carbons (Fsp3) is 0.400. The molecule has 0 heterocycles. The molecule has 0 spiro atoms. The Bertz CT molecular complexity index is 393. The summed E-state index contributed by atoms with van der Waals surface area (Å²) in [6, 6.07) is 8.23. The van der Waals surface area contributed by atoms with Gasteiger partial charge in [-0.1, -0.05) is 38.1 Å². The lowest BCUT2D eigenvalue weighted by Crippen LogP contribution is -2.24. The summed E-state index contributed by atoms with van der Waals surface area (Å²) in [5.41, 5.74) is 2.33. The predicted molar refractivity (Wildman–Crippen MR) is 74.5 cm³/mol. The Morgan fingerprint density at radius 2 is 2.00 bits per heavy atom. The first-order chi connectivity index (χ1) is 8.63. The highest BCUT2D eigenvalue weighted by molar-refractivity contribution is 5.91. The fourth-order valence-electron chi connectivity index (χ4n) is 1.50. The van der Waals surface area contributed by atoms with E-state index in [1.807, 2.05) is 18.2 Å². The first-order valence-electron chi connectivity index (χ1n) is 6.18. The van der Waals surface area contributed by atoms with Crippen molar-refractivity contribution in [3.8, 4) is 0 Å². The minimum Gasteiger partial charge on any atom is -0.383 e. The van der Waals surface area contributed by atoms with Crippen LogP contribution < -0.4 is 5.32 Å². The molecule has 1 rings (SSSR count). The van der Waals surface area contributed by atoms with Gasteiger partial charge in [-0.25, -0.2) is 0 Å². The Morgan fingerprint density at radius 3 is 2.56 bits per heavy atom. The monoisotopic (exact) mass is 247 g/mol. The van der Waals surface area contributed by atoms with Crippen LogP contribution in [0.3, 0.4) is 0 Å². The van der Waals surface area contributed by atoms with Crippen LogP contribution in [0.4, 0.5) is 0 Å². The molecule has 1 aromatic rings. The Morgan fingerprint density at radius 1 is 1.33 bits per heavy atom. The van der Waals surface area contributed by atoms with Gasteiger partial charge in [-0.2, -0.15) is 0 Å². The molecule has 0 aliphatic heterocycles. The van der Waals surface area contributed by atoms with Crippen LogP contribution in [0.15, 0.2) is 30.3 Å². The number of ether oxygens (including phenoxy) is 1. The van der Waals surface area contributed by atoms with Crippen molar-refractivity contribution in [2.45, 2.75) is 19.8 Å². The van der Waals surface area contributed by atoms with Crippen molar-refractivity contribution in [2.75, 3.05) is 20.3 Å². The van der Waals surface area contributed by atoms with Crippen molar-refractivity contribution in [3.63, 3.8) is 0 Å². The molecular formula is C15H21NO2. The summed E-state index contributed by atoms with van der Waals surface area (Å²) >= 11 is 0. The van der Waals surface area contributed by atoms with E-state index in [4.69, 9.17) is 4.74 Å². The summed E-state index contributed by atoms with van der Waals surface area (Å²) in [7, 11) is 1.61. The number of carbonyl (C=O) groups is 1. The normalized spacial score (nSPS) is 11.1. The molecule has 0 aliphatic carbocycles. The molecule has 98 valence electrons. The smallest absolute Gasteiger partial charge is 0.244 e. The van der Waals surface area contributed by atoms with E-state index < -0.39 is 0 Å². The molecular weight excluding hydrogens is 226 g/mol. The summed E-state index contributed by atoms with van der Waals surface area (Å²) in [4.78, 5) is 11.4. The summed E-state index contributed by atoms with van der Waals surface area (Å²) in [5.74, 6) is 0.431. The van der Waals surface area contributed by atoms with E-state index in [1.54, 1.807) is 13.2 Å². The second-order valence-electron chi connectivity index (χ2n) is 4.44. The number of hydrogen-bond donors (Lipinski definition) is 1. The first kappa shape index (κ1) is 14.5. The summed E-state index contributed by atoms with van der Waals surface area (Å²) in [6.07, 6.45) is 3.35. The molecule has 0 radical (unpaired) electrons. The van der Waals surface area contributed by atoms with Crippen molar-refractivity contribution in [3.05, 3.63) is 41.5 Å². The molecule has 18 heavy (non-hydrogen) atoms. The van der Waals surface area contributed by atoms with Crippen molar-refractivity contribution in [1.29, 1.82) is 0 Å². The van der Waals surface area contributed by atoms with Gasteiger partial charge in [-0.3, -0.25) is 4.79 Å². The predicted octanol–water partition coefficient (Wildman–Crippen LogP) is 2.59. The van der Waals surface area contributed by atoms with Gasteiger partial charge in [-0.15, -0.1) is 0 Å². The van der Waals surface area contributed by atoms with Crippen molar-refractivity contribution < 1.29 is 9.53 Å². The van der Waals surface area contributed by atoms with E-state index >= 15 is 0 Å². The number of hydrogen-bond acceptors (Lipinski definition) is 2. The molecule has 0 atom stereocenters. The molecule has 0 unspecified atom stereocenters. The van der Waals surface area contributed by atoms with Gasteiger partial charge < -0.3 is 10.1 Å². The third-order valence-corrected chi connectivity index (χ3v) is 2.64. The zero-order chi connectivity index (χ0) is 13.4. The Hall–Kier alpha value is -1.61. The molecule has 1 aromatic carbocycles. The van der Waals surface area contributed by atoms with Crippen LogP contribution in [0, 0.1) is 0 Å². The minimum atomic E-state index is -0.0972. The topological polar surface area (TPSA) is 38.3 Å². The second kappa shape index (κ2) is 7.67. The fourth-order valence-corrected chi connectivity index (χ4v) is 1.50. The summed E-state index contributed by atoms with van der Waals surface area (Å²) < 4.78 is 4.85. The van der Waals surface area contributed by atoms with Gasteiger partial charge in [0.15, 0.2) is 0 Å². The maximum absolute atomic E-state index is 11.4. The first-order valence-corrected chi connectivity index (χ1v) is 6.18. The third kappa shape index (κ3) is 5.15. The Kier molecular flexibility index (Phi) is 6.15. The van der Waals surface area contributed by atoms with Crippen LogP contribution in [-0.4, -0.2) is 26.2 Å². The number of rotatable bonds is 6. The molecule has 1 N–H and O–H groups in total. The van der Waals surface area contributed by atoms with Crippen LogP contribution in [0.1, 0.15) is 30.9 Å². The second-order valence-corrected chi connectivity index (χ2v) is 4.44. The Balaban J connectivity index is 2.48. The van der Waals surface area contributed by atoms with Crippen LogP contribution in [-0.2, 0) is 9.53 Å². The number of amides is 1. The van der Waals surface area contributed by atoms with E-state index in [1.165, 1.54) is 5.56 Å². The molecule has 0 aliphatic rings. The van der Waals surface area contributed by atoms with Gasteiger partial charge in [0, 0.05) is 19.7 Å². The largest absolute Gasteiger partial charge is 0.383 e. The van der Waals surface area contributed by atoms with Gasteiger partial charge in [0.05, 0.1) is 6.61 Å². The highest BCUT2D eigenvalue weighted by Gasteiger charge is 1.98. The van der Waals surface area contributed by atoms with Crippen molar-refractivity contribution in [2.24, 2.45) is 0 Å². The number of carbonyl (C=O) groups excluding carboxylic acids is 1. The average molecular weight is 247 g/mol. The van der Waals surface area contributed by atoms with E-state index in [2.05, 4.69) is 31.3 Å². The molecule has 3 nitrogen and oxygen atoms in total. The lowest BCUT2D eigenvalue weighted by atomic mass is 10.0. The van der Waals surface area contributed by atoms with Gasteiger partial charge in [-0.05, 0) is 23.1 Å². The van der Waals surface area contributed by atoms with Crippen molar-refractivity contribution >= 4 is 12.0 Å². The SMILES string of the molecule is COCCNC(=O)/C=C/c1ccc(C(C)C)cc1. The van der Waals surface area contributed by atoms with Crippen LogP contribution >= 0.6 is 0 Å². The summed E-state index contributed by atoms with van der Waals surface area (Å²) in [6.45, 7) is 5.39. The maximum Gasteiger partial charge on any atom is 0.244 e. The Labute approximate surface area is 109 Å². The molecule has 3 heteroatoms. The van der Waals surface area contributed by atoms with Gasteiger partial charge in [0.2, 0.25) is 5.91 Å². The molecule has 1 amide bonds. The lowest BCUT2D eigenvalue weighted by molar-refractivity contribution is -0.116. The molecule has 0 bridgehead atoms. The van der Waals surface area contributed by atoms with E-state index in [9.17, 15) is 4.79 Å². The van der Waals surface area contributed by atoms with Gasteiger partial charge >= 0.3 is 0 Å². The van der Waals surface area contributed by atoms with E-state index in [0.29, 0.717) is 19.1 Å². The highest BCUT2D eigenvalue weighted by Crippen LogP contribution is 2.15. The quantitative estimate of drug-likeness (QED) is 0.620. The zero-order valence-electron chi connectivity index (χ0n) is 11.3. The standard InChI is InChI=1S/C15H21NO2/c1-12(2)14-7-4-13(5-8-14)6-9-15(17)16-10-11-18-3/h4-9,12H,10-11H2,1-3H3,(H,16,17)/b9-6+. The van der Waals surface area contributed by atoms with Crippen LogP contribution in [0.25, 0.3) is 6.08 Å². The zero-order valence-corrected chi connectivity index (χ0v) is 11.3. The maximum atomic E-state index is 11.4. The van der Waals surface area contributed by atoms with E-state index in [0.717, 1.165) is 5.56 Å². The van der Waals surface area contributed by atoms with Crippen LogP contribution in [0.5, 0.6) is 0 Å². The summed E-state index contributed by atoms with van der Waals surface area (Å²) in [5, 5.41) is 2.73. The molecule has 0 saturated heterocycles.